The lowest BCUT2D eigenvalue weighted by atomic mass is 10.1. The van der Waals surface area contributed by atoms with E-state index < -0.39 is 11.7 Å². The number of aromatic nitrogens is 1. The summed E-state index contributed by atoms with van der Waals surface area (Å²) in [5.41, 5.74) is 2.62. The summed E-state index contributed by atoms with van der Waals surface area (Å²) in [6.07, 6.45) is -4.34. The second-order valence-corrected chi connectivity index (χ2v) is 5.29. The smallest absolute Gasteiger partial charge is 0.416 e. The Labute approximate surface area is 131 Å². The number of phenolic OH excluding ortho intramolecular Hbond substituents is 1. The summed E-state index contributed by atoms with van der Waals surface area (Å²) in [5.74, 6) is 0.165. The number of halogens is 3. The molecule has 5 heteroatoms. The molecule has 23 heavy (non-hydrogen) atoms. The Hall–Kier alpha value is -2.69. The molecule has 1 heterocycles. The van der Waals surface area contributed by atoms with Gasteiger partial charge in [0, 0.05) is 11.4 Å². The molecule has 118 valence electrons. The molecule has 1 N–H and O–H groups in total. The van der Waals surface area contributed by atoms with Crippen LogP contribution in [0.1, 0.15) is 11.3 Å². The number of aromatic hydroxyl groups is 1. The van der Waals surface area contributed by atoms with Crippen LogP contribution in [-0.2, 0) is 6.18 Å². The molecule has 3 aromatic rings. The first-order valence-corrected chi connectivity index (χ1v) is 7.01. The molecule has 0 aliphatic carbocycles. The minimum atomic E-state index is -4.34. The Morgan fingerprint density at radius 2 is 1.43 bits per heavy atom. The van der Waals surface area contributed by atoms with E-state index in [1.54, 1.807) is 24.3 Å². The third-order valence-electron chi connectivity index (χ3n) is 3.69. The molecule has 0 aliphatic heterocycles. The van der Waals surface area contributed by atoms with E-state index in [2.05, 4.69) is 0 Å². The number of aryl methyl sites for hydroxylation is 1. The fourth-order valence-electron chi connectivity index (χ4n) is 2.54. The van der Waals surface area contributed by atoms with Crippen LogP contribution in [0.3, 0.4) is 0 Å². The zero-order valence-electron chi connectivity index (χ0n) is 12.3. The number of phenols is 1. The lowest BCUT2D eigenvalue weighted by Gasteiger charge is -2.14. The van der Waals surface area contributed by atoms with Gasteiger partial charge in [-0.25, -0.2) is 0 Å². The third kappa shape index (κ3) is 2.95. The van der Waals surface area contributed by atoms with Crippen molar-refractivity contribution in [2.45, 2.75) is 13.1 Å². The van der Waals surface area contributed by atoms with E-state index in [1.807, 2.05) is 23.6 Å². The average Bonchev–Trinajstić information content (AvgIpc) is 2.89. The predicted molar refractivity (Wildman–Crippen MR) is 82.6 cm³/mol. The van der Waals surface area contributed by atoms with Gasteiger partial charge in [-0.15, -0.1) is 0 Å². The van der Waals surface area contributed by atoms with Crippen LogP contribution in [-0.4, -0.2) is 9.67 Å². The number of alkyl halides is 3. The highest BCUT2D eigenvalue weighted by Crippen LogP contribution is 2.32. The maximum atomic E-state index is 12.7. The number of rotatable bonds is 2. The summed E-state index contributed by atoms with van der Waals surface area (Å²) in [7, 11) is 0. The van der Waals surface area contributed by atoms with Crippen molar-refractivity contribution in [2.75, 3.05) is 0 Å². The van der Waals surface area contributed by atoms with E-state index in [4.69, 9.17) is 0 Å². The molecule has 3 rings (SSSR count). The van der Waals surface area contributed by atoms with E-state index in [0.29, 0.717) is 5.69 Å². The summed E-state index contributed by atoms with van der Waals surface area (Å²) in [4.78, 5) is 0. The lowest BCUT2D eigenvalue weighted by molar-refractivity contribution is -0.137. The monoisotopic (exact) mass is 317 g/mol. The number of hydrogen-bond donors (Lipinski definition) is 1. The highest BCUT2D eigenvalue weighted by Gasteiger charge is 2.30. The van der Waals surface area contributed by atoms with Crippen molar-refractivity contribution in [2.24, 2.45) is 0 Å². The molecule has 0 bridgehead atoms. The van der Waals surface area contributed by atoms with Gasteiger partial charge < -0.3 is 9.67 Å². The van der Waals surface area contributed by atoms with Crippen molar-refractivity contribution >= 4 is 0 Å². The first-order chi connectivity index (χ1) is 10.9. The molecule has 0 saturated carbocycles. The van der Waals surface area contributed by atoms with E-state index >= 15 is 0 Å². The van der Waals surface area contributed by atoms with Crippen LogP contribution in [0, 0.1) is 6.92 Å². The van der Waals surface area contributed by atoms with Gasteiger partial charge in [-0.2, -0.15) is 13.2 Å². The van der Waals surface area contributed by atoms with Crippen LogP contribution in [0.4, 0.5) is 13.2 Å². The van der Waals surface area contributed by atoms with Crippen molar-refractivity contribution in [1.82, 2.24) is 4.57 Å². The van der Waals surface area contributed by atoms with Crippen LogP contribution in [0.5, 0.6) is 5.75 Å². The molecule has 0 aliphatic rings. The molecule has 0 atom stereocenters. The Balaban J connectivity index is 2.07. The molecule has 1 aromatic heterocycles. The summed E-state index contributed by atoms with van der Waals surface area (Å²) in [6.45, 7) is 1.89. The van der Waals surface area contributed by atoms with Gasteiger partial charge >= 0.3 is 6.18 Å². The van der Waals surface area contributed by atoms with Gasteiger partial charge in [-0.3, -0.25) is 0 Å². The van der Waals surface area contributed by atoms with Crippen LogP contribution in [0.15, 0.2) is 60.7 Å². The molecule has 0 fully saturated rings. The Morgan fingerprint density at radius 1 is 0.826 bits per heavy atom. The Bertz CT molecular complexity index is 815. The fourth-order valence-corrected chi connectivity index (χ4v) is 2.54. The zero-order valence-corrected chi connectivity index (χ0v) is 12.3. The largest absolute Gasteiger partial charge is 0.508 e. The molecule has 0 spiro atoms. The van der Waals surface area contributed by atoms with E-state index in [-0.39, 0.29) is 5.75 Å². The van der Waals surface area contributed by atoms with E-state index in [1.165, 1.54) is 12.1 Å². The van der Waals surface area contributed by atoms with Crippen LogP contribution < -0.4 is 0 Å². The van der Waals surface area contributed by atoms with Crippen molar-refractivity contribution < 1.29 is 18.3 Å². The van der Waals surface area contributed by atoms with Gasteiger partial charge in [0.05, 0.1) is 11.3 Å². The quantitative estimate of drug-likeness (QED) is 0.692. The molecule has 0 amide bonds. The van der Waals surface area contributed by atoms with Gasteiger partial charge in [-0.1, -0.05) is 0 Å². The highest BCUT2D eigenvalue weighted by molar-refractivity contribution is 5.65. The topological polar surface area (TPSA) is 25.2 Å². The summed E-state index contributed by atoms with van der Waals surface area (Å²) in [6, 6.07) is 15.6. The van der Waals surface area contributed by atoms with Crippen LogP contribution >= 0.6 is 0 Å². The molecular weight excluding hydrogens is 303 g/mol. The van der Waals surface area contributed by atoms with Gasteiger partial charge in [0.15, 0.2) is 0 Å². The average molecular weight is 317 g/mol. The van der Waals surface area contributed by atoms with Crippen LogP contribution in [0.2, 0.25) is 0 Å². The van der Waals surface area contributed by atoms with E-state index in [9.17, 15) is 18.3 Å². The third-order valence-corrected chi connectivity index (χ3v) is 3.69. The molecule has 0 saturated heterocycles. The van der Waals surface area contributed by atoms with Crippen molar-refractivity contribution in [3.63, 3.8) is 0 Å². The van der Waals surface area contributed by atoms with Crippen molar-refractivity contribution in [1.29, 1.82) is 0 Å². The summed E-state index contributed by atoms with van der Waals surface area (Å²) < 4.78 is 40.0. The second-order valence-electron chi connectivity index (χ2n) is 5.29. The zero-order chi connectivity index (χ0) is 16.6. The minimum Gasteiger partial charge on any atom is -0.508 e. The molecular formula is C18H14F3NO. The van der Waals surface area contributed by atoms with Gasteiger partial charge in [0.1, 0.15) is 5.75 Å². The molecule has 2 aromatic carbocycles. The van der Waals surface area contributed by atoms with Crippen molar-refractivity contribution in [3.8, 4) is 22.7 Å². The minimum absolute atomic E-state index is 0.165. The van der Waals surface area contributed by atoms with Gasteiger partial charge in [0.2, 0.25) is 0 Å². The van der Waals surface area contributed by atoms with E-state index in [0.717, 1.165) is 29.1 Å². The SMILES string of the molecule is Cc1ccc(-c2ccc(O)cc2)n1-c1ccc(C(F)(F)F)cc1. The molecule has 2 nitrogen and oxygen atoms in total. The maximum Gasteiger partial charge on any atom is 0.416 e. The maximum absolute atomic E-state index is 12.7. The van der Waals surface area contributed by atoms with Crippen molar-refractivity contribution in [3.05, 3.63) is 71.9 Å². The number of hydrogen-bond acceptors (Lipinski definition) is 1. The first kappa shape index (κ1) is 15.2. The summed E-state index contributed by atoms with van der Waals surface area (Å²) in [5, 5.41) is 9.39. The summed E-state index contributed by atoms with van der Waals surface area (Å²) >= 11 is 0. The molecule has 0 unspecified atom stereocenters. The fraction of sp³-hybridized carbons (Fsp3) is 0.111. The van der Waals surface area contributed by atoms with Crippen LogP contribution in [0.25, 0.3) is 16.9 Å². The first-order valence-electron chi connectivity index (χ1n) is 7.01. The second kappa shape index (κ2) is 5.50. The Kier molecular flexibility index (Phi) is 3.64. The normalized spacial score (nSPS) is 11.7. The van der Waals surface area contributed by atoms with Gasteiger partial charge in [-0.05, 0) is 73.2 Å². The Morgan fingerprint density at radius 3 is 2.00 bits per heavy atom. The predicted octanol–water partition coefficient (Wildman–Crippen LogP) is 5.18. The highest BCUT2D eigenvalue weighted by atomic mass is 19.4. The number of nitrogens with zero attached hydrogens (tertiary/aromatic N) is 1. The number of benzene rings is 2. The van der Waals surface area contributed by atoms with Gasteiger partial charge in [0.25, 0.3) is 0 Å². The molecule has 0 radical (unpaired) electrons. The lowest BCUT2D eigenvalue weighted by Crippen LogP contribution is -2.05. The standard InChI is InChI=1S/C18H14F3NO/c1-12-2-11-17(13-3-9-16(23)10-4-13)22(12)15-7-5-14(6-8-15)18(19,20)21/h2-11,23H,1H3.